The summed E-state index contributed by atoms with van der Waals surface area (Å²) in [4.78, 5) is 6.22. The van der Waals surface area contributed by atoms with Crippen LogP contribution in [0, 0.1) is 11.3 Å². The van der Waals surface area contributed by atoms with Gasteiger partial charge in [-0.25, -0.2) is 4.98 Å². The first-order chi connectivity index (χ1) is 9.24. The number of nitrogen functional groups attached to an aromatic ring is 1. The Hall–Kier alpha value is -2.54. The van der Waals surface area contributed by atoms with Crippen LogP contribution in [0.15, 0.2) is 42.6 Å². The highest BCUT2D eigenvalue weighted by molar-refractivity contribution is 5.56. The van der Waals surface area contributed by atoms with Gasteiger partial charge in [0.05, 0.1) is 5.69 Å². The molecule has 2 N–H and O–H groups in total. The Labute approximate surface area is 113 Å². The first kappa shape index (κ1) is 12.9. The molecule has 0 atom stereocenters. The highest BCUT2D eigenvalue weighted by Gasteiger charge is 2.10. The van der Waals surface area contributed by atoms with Crippen LogP contribution in [-0.2, 0) is 6.54 Å². The number of nitrogens with two attached hydrogens (primary N) is 1. The number of benzene rings is 1. The van der Waals surface area contributed by atoms with Crippen LogP contribution in [0.2, 0.25) is 0 Å². The Morgan fingerprint density at radius 1 is 1.26 bits per heavy atom. The molecule has 1 aromatic carbocycles. The van der Waals surface area contributed by atoms with E-state index in [9.17, 15) is 0 Å². The molecule has 0 amide bonds. The number of nitriles is 1. The molecule has 0 saturated heterocycles. The average Bonchev–Trinajstić information content (AvgIpc) is 2.46. The summed E-state index contributed by atoms with van der Waals surface area (Å²) in [6.45, 7) is 3.60. The van der Waals surface area contributed by atoms with E-state index in [4.69, 9.17) is 11.0 Å². The topological polar surface area (TPSA) is 65.9 Å². The maximum Gasteiger partial charge on any atom is 0.163 e. The minimum absolute atomic E-state index is 0.458. The molecule has 4 nitrogen and oxygen atoms in total. The molecule has 0 aliphatic carbocycles. The van der Waals surface area contributed by atoms with Gasteiger partial charge in [0.15, 0.2) is 5.69 Å². The van der Waals surface area contributed by atoms with E-state index in [1.807, 2.05) is 36.4 Å². The Kier molecular flexibility index (Phi) is 3.99. The molecule has 1 aromatic heterocycles. The molecule has 1 heterocycles. The van der Waals surface area contributed by atoms with Gasteiger partial charge in [-0.3, -0.25) is 0 Å². The zero-order chi connectivity index (χ0) is 13.7. The first-order valence-electron chi connectivity index (χ1n) is 6.19. The fourth-order valence-electron chi connectivity index (χ4n) is 1.95. The van der Waals surface area contributed by atoms with Crippen molar-refractivity contribution in [3.8, 4) is 6.07 Å². The second-order valence-corrected chi connectivity index (χ2v) is 4.24. The van der Waals surface area contributed by atoms with Crippen molar-refractivity contribution < 1.29 is 0 Å². The smallest absolute Gasteiger partial charge is 0.163 e. The number of pyridine rings is 1. The molecule has 0 radical (unpaired) electrons. The largest absolute Gasteiger partial charge is 0.399 e. The first-order valence-corrected chi connectivity index (χ1v) is 6.19. The Morgan fingerprint density at radius 3 is 2.63 bits per heavy atom. The SMILES string of the molecule is CCN(Cc1ccc(N)cc1)c1cccnc1C#N. The van der Waals surface area contributed by atoms with Gasteiger partial charge < -0.3 is 10.6 Å². The molecule has 0 saturated carbocycles. The van der Waals surface area contributed by atoms with E-state index in [2.05, 4.69) is 22.9 Å². The highest BCUT2D eigenvalue weighted by atomic mass is 15.1. The summed E-state index contributed by atoms with van der Waals surface area (Å²) in [5.74, 6) is 0. The van der Waals surface area contributed by atoms with E-state index >= 15 is 0 Å². The third kappa shape index (κ3) is 3.02. The van der Waals surface area contributed by atoms with Crippen molar-refractivity contribution in [1.29, 1.82) is 5.26 Å². The summed E-state index contributed by atoms with van der Waals surface area (Å²) in [6.07, 6.45) is 1.64. The number of aromatic nitrogens is 1. The number of hydrogen-bond acceptors (Lipinski definition) is 4. The summed E-state index contributed by atoms with van der Waals surface area (Å²) < 4.78 is 0. The number of anilines is 2. The van der Waals surface area contributed by atoms with Crippen LogP contribution in [0.5, 0.6) is 0 Å². The normalized spacial score (nSPS) is 9.89. The van der Waals surface area contributed by atoms with Crippen molar-refractivity contribution >= 4 is 11.4 Å². The van der Waals surface area contributed by atoms with Gasteiger partial charge in [-0.1, -0.05) is 12.1 Å². The summed E-state index contributed by atoms with van der Waals surface area (Å²) in [5, 5.41) is 9.11. The monoisotopic (exact) mass is 252 g/mol. The molecular weight excluding hydrogens is 236 g/mol. The summed E-state index contributed by atoms with van der Waals surface area (Å²) in [5.41, 5.74) is 8.92. The van der Waals surface area contributed by atoms with E-state index in [0.717, 1.165) is 30.0 Å². The van der Waals surface area contributed by atoms with Crippen molar-refractivity contribution in [3.63, 3.8) is 0 Å². The van der Waals surface area contributed by atoms with Crippen LogP contribution in [-0.4, -0.2) is 11.5 Å². The lowest BCUT2D eigenvalue weighted by Gasteiger charge is -2.23. The van der Waals surface area contributed by atoms with Gasteiger partial charge >= 0.3 is 0 Å². The number of rotatable bonds is 4. The lowest BCUT2D eigenvalue weighted by atomic mass is 10.1. The second-order valence-electron chi connectivity index (χ2n) is 4.24. The van der Waals surface area contributed by atoms with Crippen LogP contribution in [0.4, 0.5) is 11.4 Å². The summed E-state index contributed by atoms with van der Waals surface area (Å²) in [6, 6.07) is 13.7. The Bertz CT molecular complexity index is 584. The zero-order valence-electron chi connectivity index (χ0n) is 10.9. The molecule has 96 valence electrons. The lowest BCUT2D eigenvalue weighted by molar-refractivity contribution is 0.826. The molecule has 0 bridgehead atoms. The van der Waals surface area contributed by atoms with Gasteiger partial charge in [-0.15, -0.1) is 0 Å². The van der Waals surface area contributed by atoms with Crippen molar-refractivity contribution in [2.45, 2.75) is 13.5 Å². The average molecular weight is 252 g/mol. The van der Waals surface area contributed by atoms with E-state index < -0.39 is 0 Å². The van der Waals surface area contributed by atoms with Crippen molar-refractivity contribution in [3.05, 3.63) is 53.9 Å². The van der Waals surface area contributed by atoms with Gasteiger partial charge in [-0.05, 0) is 36.8 Å². The van der Waals surface area contributed by atoms with Gasteiger partial charge in [0, 0.05) is 25.0 Å². The Morgan fingerprint density at radius 2 is 2.00 bits per heavy atom. The van der Waals surface area contributed by atoms with Gasteiger partial charge in [0.1, 0.15) is 6.07 Å². The standard InChI is InChI=1S/C15H16N4/c1-2-19(11-12-5-7-13(17)8-6-12)15-4-3-9-18-14(15)10-16/h3-9H,2,11,17H2,1H3. The van der Waals surface area contributed by atoms with Gasteiger partial charge in [0.2, 0.25) is 0 Å². The molecule has 0 fully saturated rings. The second kappa shape index (κ2) is 5.87. The van der Waals surface area contributed by atoms with Crippen LogP contribution < -0.4 is 10.6 Å². The van der Waals surface area contributed by atoms with Gasteiger partial charge in [0.25, 0.3) is 0 Å². The molecule has 0 aliphatic rings. The zero-order valence-corrected chi connectivity index (χ0v) is 10.9. The van der Waals surface area contributed by atoms with Crippen molar-refractivity contribution in [1.82, 2.24) is 4.98 Å². The van der Waals surface area contributed by atoms with Crippen molar-refractivity contribution in [2.24, 2.45) is 0 Å². The van der Waals surface area contributed by atoms with Crippen LogP contribution in [0.1, 0.15) is 18.2 Å². The summed E-state index contributed by atoms with van der Waals surface area (Å²) >= 11 is 0. The maximum absolute atomic E-state index is 9.11. The van der Waals surface area contributed by atoms with Gasteiger partial charge in [-0.2, -0.15) is 5.26 Å². The third-order valence-electron chi connectivity index (χ3n) is 2.97. The molecule has 2 aromatic rings. The number of hydrogen-bond donors (Lipinski definition) is 1. The van der Waals surface area contributed by atoms with Crippen LogP contribution >= 0.6 is 0 Å². The molecule has 0 aliphatic heterocycles. The lowest BCUT2D eigenvalue weighted by Crippen LogP contribution is -2.23. The maximum atomic E-state index is 9.11. The number of nitrogens with zero attached hydrogens (tertiary/aromatic N) is 3. The minimum atomic E-state index is 0.458. The molecule has 19 heavy (non-hydrogen) atoms. The molecule has 0 spiro atoms. The predicted octanol–water partition coefficient (Wildman–Crippen LogP) is 2.56. The van der Waals surface area contributed by atoms with E-state index in [-0.39, 0.29) is 0 Å². The Balaban J connectivity index is 2.25. The quantitative estimate of drug-likeness (QED) is 0.849. The highest BCUT2D eigenvalue weighted by Crippen LogP contribution is 2.20. The molecule has 2 rings (SSSR count). The summed E-state index contributed by atoms with van der Waals surface area (Å²) in [7, 11) is 0. The van der Waals surface area contributed by atoms with E-state index in [0.29, 0.717) is 5.69 Å². The molecule has 0 unspecified atom stereocenters. The van der Waals surface area contributed by atoms with E-state index in [1.54, 1.807) is 6.20 Å². The fourth-order valence-corrected chi connectivity index (χ4v) is 1.95. The van der Waals surface area contributed by atoms with Crippen LogP contribution in [0.3, 0.4) is 0 Å². The fraction of sp³-hybridized carbons (Fsp3) is 0.200. The molecular formula is C15H16N4. The third-order valence-corrected chi connectivity index (χ3v) is 2.97. The minimum Gasteiger partial charge on any atom is -0.399 e. The van der Waals surface area contributed by atoms with Crippen LogP contribution in [0.25, 0.3) is 0 Å². The van der Waals surface area contributed by atoms with E-state index in [1.165, 1.54) is 0 Å². The molecule has 4 heteroatoms. The predicted molar refractivity (Wildman–Crippen MR) is 76.5 cm³/mol. The van der Waals surface area contributed by atoms with Crippen molar-refractivity contribution in [2.75, 3.05) is 17.2 Å².